The van der Waals surface area contributed by atoms with Gasteiger partial charge in [0.15, 0.2) is 0 Å². The second-order valence-corrected chi connectivity index (χ2v) is 3.35. The lowest BCUT2D eigenvalue weighted by Crippen LogP contribution is -2.19. The minimum absolute atomic E-state index is 0.794. The van der Waals surface area contributed by atoms with Gasteiger partial charge in [0.2, 0.25) is 0 Å². The number of hydrogen-bond donors (Lipinski definition) is 1. The maximum absolute atomic E-state index is 4.09. The zero-order chi connectivity index (χ0) is 11.2. The molecule has 2 aromatic rings. The zero-order valence-electron chi connectivity index (χ0n) is 8.95. The van der Waals surface area contributed by atoms with Crippen molar-refractivity contribution in [1.29, 1.82) is 0 Å². The van der Waals surface area contributed by atoms with Gasteiger partial charge >= 0.3 is 0 Å². The topological polar surface area (TPSA) is 60.6 Å². The molecule has 0 aromatic carbocycles. The molecule has 2 rings (SSSR count). The first-order valence-electron chi connectivity index (χ1n) is 5.09. The molecule has 0 spiro atoms. The summed E-state index contributed by atoms with van der Waals surface area (Å²) in [4.78, 5) is 0. The van der Waals surface area contributed by atoms with Crippen LogP contribution in [-0.2, 0) is 13.1 Å². The fraction of sp³-hybridized carbons (Fsp3) is 0.300. The molecule has 2 aromatic heterocycles. The standard InChI is InChI=1S/C10H14N6/c1-2-15-9-10(8-13-15)7-11-3-5-16-6-4-12-14-16/h2,4,6,8-9,11H,1,3,5,7H2. The van der Waals surface area contributed by atoms with Crippen LogP contribution in [0.4, 0.5) is 0 Å². The molecule has 6 nitrogen and oxygen atoms in total. The second-order valence-electron chi connectivity index (χ2n) is 3.35. The predicted octanol–water partition coefficient (Wildman–Crippen LogP) is 0.365. The highest BCUT2D eigenvalue weighted by atomic mass is 15.4. The molecule has 1 N–H and O–H groups in total. The first-order chi connectivity index (χ1) is 7.88. The van der Waals surface area contributed by atoms with Crippen LogP contribution < -0.4 is 5.32 Å². The summed E-state index contributed by atoms with van der Waals surface area (Å²) in [6, 6.07) is 0. The predicted molar refractivity (Wildman–Crippen MR) is 60.3 cm³/mol. The van der Waals surface area contributed by atoms with Gasteiger partial charge in [0.05, 0.1) is 18.9 Å². The molecule has 0 amide bonds. The van der Waals surface area contributed by atoms with Gasteiger partial charge in [-0.2, -0.15) is 5.10 Å². The number of nitrogens with one attached hydrogen (secondary N) is 1. The SMILES string of the molecule is C=Cn1cc(CNCCn2ccnn2)cn1. The molecule has 0 saturated heterocycles. The normalized spacial score (nSPS) is 10.5. The summed E-state index contributed by atoms with van der Waals surface area (Å²) in [5.74, 6) is 0. The van der Waals surface area contributed by atoms with Gasteiger partial charge in [-0.1, -0.05) is 11.8 Å². The summed E-state index contributed by atoms with van der Waals surface area (Å²) in [7, 11) is 0. The van der Waals surface area contributed by atoms with Gasteiger partial charge in [-0.15, -0.1) is 5.10 Å². The minimum Gasteiger partial charge on any atom is -0.311 e. The van der Waals surface area contributed by atoms with E-state index in [-0.39, 0.29) is 0 Å². The van der Waals surface area contributed by atoms with E-state index >= 15 is 0 Å². The van der Waals surface area contributed by atoms with Crippen LogP contribution in [0.3, 0.4) is 0 Å². The number of rotatable bonds is 6. The fourth-order valence-corrected chi connectivity index (χ4v) is 1.35. The Balaban J connectivity index is 1.70. The Labute approximate surface area is 93.6 Å². The van der Waals surface area contributed by atoms with Crippen molar-refractivity contribution in [2.24, 2.45) is 0 Å². The highest BCUT2D eigenvalue weighted by Crippen LogP contribution is 1.96. The maximum Gasteiger partial charge on any atom is 0.0692 e. The molecular formula is C10H14N6. The minimum atomic E-state index is 0.794. The monoisotopic (exact) mass is 218 g/mol. The lowest BCUT2D eigenvalue weighted by atomic mass is 10.3. The van der Waals surface area contributed by atoms with Crippen molar-refractivity contribution in [2.45, 2.75) is 13.1 Å². The van der Waals surface area contributed by atoms with Crippen molar-refractivity contribution >= 4 is 6.20 Å². The van der Waals surface area contributed by atoms with Gasteiger partial charge in [-0.25, -0.2) is 4.68 Å². The lowest BCUT2D eigenvalue weighted by molar-refractivity contribution is 0.540. The van der Waals surface area contributed by atoms with Crippen LogP contribution in [0.15, 0.2) is 31.4 Å². The molecular weight excluding hydrogens is 204 g/mol. The van der Waals surface area contributed by atoms with Crippen LogP contribution in [0, 0.1) is 0 Å². The molecule has 0 atom stereocenters. The van der Waals surface area contributed by atoms with Crippen LogP contribution in [0.25, 0.3) is 6.20 Å². The largest absolute Gasteiger partial charge is 0.311 e. The van der Waals surface area contributed by atoms with Crippen molar-refractivity contribution < 1.29 is 0 Å². The van der Waals surface area contributed by atoms with E-state index in [9.17, 15) is 0 Å². The first kappa shape index (κ1) is 10.6. The molecule has 0 aliphatic heterocycles. The zero-order valence-corrected chi connectivity index (χ0v) is 8.95. The number of aromatic nitrogens is 5. The smallest absolute Gasteiger partial charge is 0.0692 e. The molecule has 0 unspecified atom stereocenters. The number of nitrogens with zero attached hydrogens (tertiary/aromatic N) is 5. The molecule has 0 bridgehead atoms. The van der Waals surface area contributed by atoms with Crippen molar-refractivity contribution in [3.05, 3.63) is 36.9 Å². The van der Waals surface area contributed by atoms with Crippen LogP contribution in [0.5, 0.6) is 0 Å². The van der Waals surface area contributed by atoms with Crippen LogP contribution in [-0.4, -0.2) is 31.3 Å². The van der Waals surface area contributed by atoms with E-state index in [0.29, 0.717) is 0 Å². The average molecular weight is 218 g/mol. The van der Waals surface area contributed by atoms with E-state index in [4.69, 9.17) is 0 Å². The summed E-state index contributed by atoms with van der Waals surface area (Å²) in [6.07, 6.45) is 8.95. The van der Waals surface area contributed by atoms with Crippen LogP contribution in [0.2, 0.25) is 0 Å². The highest BCUT2D eigenvalue weighted by Gasteiger charge is 1.96. The summed E-state index contributed by atoms with van der Waals surface area (Å²) in [5, 5.41) is 15.0. The summed E-state index contributed by atoms with van der Waals surface area (Å²) >= 11 is 0. The Morgan fingerprint density at radius 2 is 2.44 bits per heavy atom. The molecule has 6 heteroatoms. The fourth-order valence-electron chi connectivity index (χ4n) is 1.35. The Bertz CT molecular complexity index is 430. The van der Waals surface area contributed by atoms with Gasteiger partial charge in [0.1, 0.15) is 0 Å². The number of hydrogen-bond acceptors (Lipinski definition) is 4. The quantitative estimate of drug-likeness (QED) is 0.711. The van der Waals surface area contributed by atoms with Crippen molar-refractivity contribution in [3.8, 4) is 0 Å². The molecule has 16 heavy (non-hydrogen) atoms. The third-order valence-corrected chi connectivity index (χ3v) is 2.16. The first-order valence-corrected chi connectivity index (χ1v) is 5.09. The molecule has 0 aliphatic rings. The third kappa shape index (κ3) is 2.77. The van der Waals surface area contributed by atoms with E-state index in [1.54, 1.807) is 21.8 Å². The van der Waals surface area contributed by atoms with Crippen molar-refractivity contribution in [1.82, 2.24) is 30.1 Å². The van der Waals surface area contributed by atoms with E-state index in [0.717, 1.165) is 25.2 Å². The molecule has 0 aliphatic carbocycles. The third-order valence-electron chi connectivity index (χ3n) is 2.16. The van der Waals surface area contributed by atoms with Gasteiger partial charge < -0.3 is 5.32 Å². The molecule has 0 fully saturated rings. The Kier molecular flexibility index (Phi) is 3.45. The summed E-state index contributed by atoms with van der Waals surface area (Å²) < 4.78 is 3.48. The molecule has 0 saturated carbocycles. The van der Waals surface area contributed by atoms with Gasteiger partial charge in [-0.3, -0.25) is 4.68 Å². The average Bonchev–Trinajstić information content (AvgIpc) is 2.95. The second kappa shape index (κ2) is 5.22. The Morgan fingerprint density at radius 1 is 1.50 bits per heavy atom. The molecule has 84 valence electrons. The van der Waals surface area contributed by atoms with Crippen LogP contribution >= 0.6 is 0 Å². The van der Waals surface area contributed by atoms with Crippen molar-refractivity contribution in [3.63, 3.8) is 0 Å². The van der Waals surface area contributed by atoms with Gasteiger partial charge in [0.25, 0.3) is 0 Å². The van der Waals surface area contributed by atoms with Crippen LogP contribution in [0.1, 0.15) is 5.56 Å². The van der Waals surface area contributed by atoms with E-state index in [1.165, 1.54) is 0 Å². The highest BCUT2D eigenvalue weighted by molar-refractivity contribution is 5.17. The van der Waals surface area contributed by atoms with Gasteiger partial charge in [0, 0.05) is 37.2 Å². The summed E-state index contributed by atoms with van der Waals surface area (Å²) in [6.45, 7) is 6.10. The van der Waals surface area contributed by atoms with E-state index < -0.39 is 0 Å². The maximum atomic E-state index is 4.09. The Morgan fingerprint density at radius 3 is 3.12 bits per heavy atom. The Hall–Kier alpha value is -1.95. The molecule has 0 radical (unpaired) electrons. The van der Waals surface area contributed by atoms with E-state index in [2.05, 4.69) is 27.3 Å². The van der Waals surface area contributed by atoms with Gasteiger partial charge in [-0.05, 0) is 0 Å². The lowest BCUT2D eigenvalue weighted by Gasteiger charge is -2.02. The van der Waals surface area contributed by atoms with E-state index in [1.807, 2.05) is 18.6 Å². The summed E-state index contributed by atoms with van der Waals surface area (Å²) in [5.41, 5.74) is 1.14. The van der Waals surface area contributed by atoms with Crippen molar-refractivity contribution in [2.75, 3.05) is 6.54 Å². The molecule has 2 heterocycles.